The molecule has 7 nitrogen and oxygen atoms in total. The van der Waals surface area contributed by atoms with Gasteiger partial charge in [-0.05, 0) is 65.0 Å². The first-order valence-electron chi connectivity index (χ1n) is 10.9. The Balaban J connectivity index is 1.91. The highest BCUT2D eigenvalue weighted by Crippen LogP contribution is 2.46. The number of ether oxygens (including phenoxy) is 3. The molecule has 0 saturated heterocycles. The average molecular weight is 515 g/mol. The van der Waals surface area contributed by atoms with Gasteiger partial charge in [0.25, 0.3) is 0 Å². The molecule has 0 aromatic heterocycles. The van der Waals surface area contributed by atoms with Gasteiger partial charge in [-0.25, -0.2) is 0 Å². The van der Waals surface area contributed by atoms with Gasteiger partial charge >= 0.3 is 5.97 Å². The molecule has 2 N–H and O–H groups in total. The Bertz CT molecular complexity index is 1130. The number of fused-ring (bicyclic) bond motifs is 1. The number of benzene rings is 2. The Morgan fingerprint density at radius 2 is 1.91 bits per heavy atom. The molecule has 2 aliphatic rings. The van der Waals surface area contributed by atoms with Crippen molar-refractivity contribution in [2.45, 2.75) is 26.3 Å². The standard InChI is InChI=1S/C25H27BrN2O5/c1-5-33-19-12-14(11-15(26)24(19)31-3)22-21-18(27-16-8-6-7-9-17(16)28-22)10-13(2)20(23(21)29)25(30)32-4/h6-9,11-13,20,22,27-28H,5,10H2,1-4H3/t13-,20+,22+/m1/s1. The minimum absolute atomic E-state index is 0.191. The van der Waals surface area contributed by atoms with E-state index in [2.05, 4.69) is 26.6 Å². The highest BCUT2D eigenvalue weighted by molar-refractivity contribution is 9.10. The van der Waals surface area contributed by atoms with E-state index in [9.17, 15) is 9.59 Å². The molecule has 8 heteroatoms. The maximum atomic E-state index is 13.8. The number of anilines is 2. The molecule has 1 aliphatic heterocycles. The van der Waals surface area contributed by atoms with Crippen LogP contribution >= 0.6 is 15.9 Å². The van der Waals surface area contributed by atoms with Gasteiger partial charge in [-0.1, -0.05) is 19.1 Å². The normalized spacial score (nSPS) is 21.7. The van der Waals surface area contributed by atoms with E-state index in [0.29, 0.717) is 34.6 Å². The van der Waals surface area contributed by atoms with Gasteiger partial charge in [0.05, 0.1) is 42.7 Å². The molecule has 2 aromatic carbocycles. The summed E-state index contributed by atoms with van der Waals surface area (Å²) < 4.78 is 17.0. The zero-order chi connectivity index (χ0) is 23.7. The van der Waals surface area contributed by atoms with E-state index in [1.165, 1.54) is 7.11 Å². The minimum atomic E-state index is -0.853. The van der Waals surface area contributed by atoms with E-state index in [0.717, 1.165) is 22.6 Å². The van der Waals surface area contributed by atoms with E-state index >= 15 is 0 Å². The van der Waals surface area contributed by atoms with E-state index in [-0.39, 0.29) is 11.7 Å². The molecule has 2 aromatic rings. The molecule has 33 heavy (non-hydrogen) atoms. The number of carbonyl (C=O) groups is 2. The van der Waals surface area contributed by atoms with Crippen molar-refractivity contribution in [2.75, 3.05) is 31.5 Å². The van der Waals surface area contributed by atoms with Crippen molar-refractivity contribution in [1.82, 2.24) is 0 Å². The van der Waals surface area contributed by atoms with Crippen molar-refractivity contribution in [1.29, 1.82) is 0 Å². The summed E-state index contributed by atoms with van der Waals surface area (Å²) >= 11 is 3.58. The third-order valence-electron chi connectivity index (χ3n) is 6.09. The largest absolute Gasteiger partial charge is 0.492 e. The number of hydrogen-bond donors (Lipinski definition) is 2. The van der Waals surface area contributed by atoms with Crippen LogP contribution in [-0.4, -0.2) is 32.6 Å². The fraction of sp³-hybridized carbons (Fsp3) is 0.360. The van der Waals surface area contributed by atoms with Gasteiger partial charge in [-0.3, -0.25) is 9.59 Å². The second kappa shape index (κ2) is 9.47. The van der Waals surface area contributed by atoms with E-state index in [1.807, 2.05) is 50.2 Å². The predicted molar refractivity (Wildman–Crippen MR) is 130 cm³/mol. The summed E-state index contributed by atoms with van der Waals surface area (Å²) in [7, 11) is 2.90. The number of ketones is 1. The average Bonchev–Trinajstić information content (AvgIpc) is 2.95. The van der Waals surface area contributed by atoms with Crippen LogP contribution in [0, 0.1) is 11.8 Å². The molecule has 0 spiro atoms. The molecule has 0 fully saturated rings. The molecule has 0 amide bonds. The molecule has 0 radical (unpaired) electrons. The van der Waals surface area contributed by atoms with Crippen LogP contribution in [0.25, 0.3) is 0 Å². The van der Waals surface area contributed by atoms with Gasteiger partial charge in [0.2, 0.25) is 0 Å². The Labute approximate surface area is 201 Å². The molecular formula is C25H27BrN2O5. The molecular weight excluding hydrogens is 488 g/mol. The summed E-state index contributed by atoms with van der Waals surface area (Å²) in [4.78, 5) is 26.3. The Morgan fingerprint density at radius 3 is 2.58 bits per heavy atom. The van der Waals surface area contributed by atoms with Crippen LogP contribution in [-0.2, 0) is 14.3 Å². The van der Waals surface area contributed by atoms with Crippen molar-refractivity contribution in [3.63, 3.8) is 0 Å². The summed E-state index contributed by atoms with van der Waals surface area (Å²) in [6, 6.07) is 11.1. The van der Waals surface area contributed by atoms with Crippen LogP contribution < -0.4 is 20.1 Å². The number of para-hydroxylation sites is 2. The summed E-state index contributed by atoms with van der Waals surface area (Å²) in [5, 5.41) is 6.97. The molecule has 1 aliphatic carbocycles. The number of halogens is 1. The molecule has 0 unspecified atom stereocenters. The number of allylic oxidation sites excluding steroid dienone is 1. The number of Topliss-reactive ketones (excluding diaryl/α,β-unsaturated/α-hetero) is 1. The molecule has 1 heterocycles. The second-order valence-corrected chi connectivity index (χ2v) is 9.01. The topological polar surface area (TPSA) is 85.9 Å². The number of nitrogens with one attached hydrogen (secondary N) is 2. The van der Waals surface area contributed by atoms with Gasteiger partial charge in [-0.2, -0.15) is 0 Å². The lowest BCUT2D eigenvalue weighted by Gasteiger charge is -2.32. The van der Waals surface area contributed by atoms with Gasteiger partial charge in [0, 0.05) is 11.3 Å². The van der Waals surface area contributed by atoms with Crippen molar-refractivity contribution < 1.29 is 23.8 Å². The lowest BCUT2D eigenvalue weighted by Crippen LogP contribution is -2.39. The van der Waals surface area contributed by atoms with Gasteiger partial charge < -0.3 is 24.8 Å². The van der Waals surface area contributed by atoms with Crippen LogP contribution in [0.5, 0.6) is 11.5 Å². The first-order chi connectivity index (χ1) is 15.9. The highest BCUT2D eigenvalue weighted by atomic mass is 79.9. The van der Waals surface area contributed by atoms with Gasteiger partial charge in [0.15, 0.2) is 17.3 Å². The fourth-order valence-corrected chi connectivity index (χ4v) is 5.22. The lowest BCUT2D eigenvalue weighted by molar-refractivity contribution is -0.151. The first-order valence-corrected chi connectivity index (χ1v) is 11.7. The van der Waals surface area contributed by atoms with Crippen LogP contribution in [0.2, 0.25) is 0 Å². The summed E-state index contributed by atoms with van der Waals surface area (Å²) in [6.45, 7) is 4.27. The first kappa shape index (κ1) is 23.2. The molecule has 4 rings (SSSR count). The number of esters is 1. The summed E-state index contributed by atoms with van der Waals surface area (Å²) in [5.74, 6) is -0.639. The molecule has 0 saturated carbocycles. The summed E-state index contributed by atoms with van der Waals surface area (Å²) in [6.07, 6.45) is 0.545. The quantitative estimate of drug-likeness (QED) is 0.424. The smallest absolute Gasteiger partial charge is 0.316 e. The third-order valence-corrected chi connectivity index (χ3v) is 6.68. The van der Waals surface area contributed by atoms with E-state index in [1.54, 1.807) is 7.11 Å². The third kappa shape index (κ3) is 4.19. The molecule has 0 bridgehead atoms. The van der Waals surface area contributed by atoms with E-state index < -0.39 is 17.9 Å². The summed E-state index contributed by atoms with van der Waals surface area (Å²) in [5.41, 5.74) is 3.88. The van der Waals surface area contributed by atoms with Crippen LogP contribution in [0.3, 0.4) is 0 Å². The van der Waals surface area contributed by atoms with Crippen LogP contribution in [0.1, 0.15) is 31.9 Å². The minimum Gasteiger partial charge on any atom is -0.492 e. The van der Waals surface area contributed by atoms with Crippen molar-refractivity contribution in [3.8, 4) is 11.5 Å². The zero-order valence-electron chi connectivity index (χ0n) is 19.0. The lowest BCUT2D eigenvalue weighted by atomic mass is 9.75. The van der Waals surface area contributed by atoms with Crippen LogP contribution in [0.15, 0.2) is 52.1 Å². The second-order valence-electron chi connectivity index (χ2n) is 8.15. The highest BCUT2D eigenvalue weighted by Gasteiger charge is 2.44. The maximum absolute atomic E-state index is 13.8. The Kier molecular flexibility index (Phi) is 6.65. The van der Waals surface area contributed by atoms with Crippen molar-refractivity contribution in [3.05, 3.63) is 57.7 Å². The maximum Gasteiger partial charge on any atom is 0.316 e. The Morgan fingerprint density at radius 1 is 1.18 bits per heavy atom. The number of carbonyl (C=O) groups excluding carboxylic acids is 2. The number of hydrogen-bond acceptors (Lipinski definition) is 7. The van der Waals surface area contributed by atoms with Crippen molar-refractivity contribution in [2.24, 2.45) is 11.8 Å². The van der Waals surface area contributed by atoms with E-state index in [4.69, 9.17) is 14.2 Å². The Hall–Kier alpha value is -3.00. The number of methoxy groups -OCH3 is 2. The van der Waals surface area contributed by atoms with Gasteiger partial charge in [-0.15, -0.1) is 0 Å². The monoisotopic (exact) mass is 514 g/mol. The molecule has 3 atom stereocenters. The van der Waals surface area contributed by atoms with Crippen molar-refractivity contribution >= 4 is 39.1 Å². The molecule has 174 valence electrons. The van der Waals surface area contributed by atoms with Crippen LogP contribution in [0.4, 0.5) is 11.4 Å². The van der Waals surface area contributed by atoms with Gasteiger partial charge in [0.1, 0.15) is 5.92 Å². The fourth-order valence-electron chi connectivity index (χ4n) is 4.60. The SMILES string of the molecule is CCOc1cc([C@@H]2Nc3ccccc3NC3=C2C(=O)[C@@H](C(=O)OC)[C@H](C)C3)cc(Br)c1OC. The zero-order valence-corrected chi connectivity index (χ0v) is 20.6. The number of rotatable bonds is 5. The predicted octanol–water partition coefficient (Wildman–Crippen LogP) is 5.09.